The molecule has 0 aliphatic rings. The second-order valence-corrected chi connectivity index (χ2v) is 10.0. The highest BCUT2D eigenvalue weighted by Crippen LogP contribution is 2.28. The molecule has 36 heavy (non-hydrogen) atoms. The summed E-state index contributed by atoms with van der Waals surface area (Å²) in [5, 5.41) is 10.6. The molecule has 4 rings (SSSR count). The van der Waals surface area contributed by atoms with E-state index in [1.807, 2.05) is 47.9 Å². The fourth-order valence-corrected chi connectivity index (χ4v) is 5.66. The lowest BCUT2D eigenvalue weighted by atomic mass is 9.99. The maximum atomic E-state index is 13.7. The second kappa shape index (κ2) is 11.8. The van der Waals surface area contributed by atoms with Crippen LogP contribution in [0.15, 0.2) is 89.3 Å². The van der Waals surface area contributed by atoms with Crippen molar-refractivity contribution in [3.8, 4) is 17.2 Å². The zero-order valence-corrected chi connectivity index (χ0v) is 22.1. The van der Waals surface area contributed by atoms with E-state index in [1.54, 1.807) is 11.3 Å². The average molecular weight is 493 g/mol. The summed E-state index contributed by atoms with van der Waals surface area (Å²) in [4.78, 5) is 16.0. The monoisotopic (exact) mass is 492 g/mol. The molecule has 2 aromatic heterocycles. The van der Waals surface area contributed by atoms with Crippen molar-refractivity contribution in [1.29, 1.82) is 5.26 Å². The SMILES string of the molecule is C/C=C\C(=C/CC)CCc1cc2cc(CC)sc2n(Cc2ccc(-c3ccccc3C#N)cc2)c1=O. The zero-order valence-electron chi connectivity index (χ0n) is 21.3. The molecule has 0 bridgehead atoms. The van der Waals surface area contributed by atoms with Gasteiger partial charge in [0.25, 0.3) is 5.56 Å². The molecule has 0 atom stereocenters. The van der Waals surface area contributed by atoms with E-state index < -0.39 is 0 Å². The largest absolute Gasteiger partial charge is 0.295 e. The van der Waals surface area contributed by atoms with Gasteiger partial charge in [0.2, 0.25) is 0 Å². The number of hydrogen-bond acceptors (Lipinski definition) is 3. The molecule has 0 spiro atoms. The van der Waals surface area contributed by atoms with Gasteiger partial charge in [0.05, 0.1) is 18.2 Å². The number of nitriles is 1. The Hall–Kier alpha value is -3.68. The van der Waals surface area contributed by atoms with Gasteiger partial charge in [0.15, 0.2) is 0 Å². The summed E-state index contributed by atoms with van der Waals surface area (Å²) in [6.45, 7) is 6.86. The van der Waals surface area contributed by atoms with E-state index in [0.29, 0.717) is 12.1 Å². The van der Waals surface area contributed by atoms with Crippen molar-refractivity contribution in [3.63, 3.8) is 0 Å². The summed E-state index contributed by atoms with van der Waals surface area (Å²) >= 11 is 1.72. The summed E-state index contributed by atoms with van der Waals surface area (Å²) in [7, 11) is 0. The third-order valence-electron chi connectivity index (χ3n) is 6.42. The summed E-state index contributed by atoms with van der Waals surface area (Å²) < 4.78 is 1.95. The van der Waals surface area contributed by atoms with Gasteiger partial charge in [-0.3, -0.25) is 9.36 Å². The number of pyridine rings is 1. The molecule has 4 aromatic rings. The quantitative estimate of drug-likeness (QED) is 0.222. The Morgan fingerprint density at radius 3 is 2.56 bits per heavy atom. The van der Waals surface area contributed by atoms with Crippen LogP contribution in [0.1, 0.15) is 55.2 Å². The second-order valence-electron chi connectivity index (χ2n) is 8.93. The number of allylic oxidation sites excluding steroid dienone is 4. The van der Waals surface area contributed by atoms with Gasteiger partial charge >= 0.3 is 0 Å². The molecule has 3 nitrogen and oxygen atoms in total. The van der Waals surface area contributed by atoms with Gasteiger partial charge in [0.1, 0.15) is 4.83 Å². The zero-order chi connectivity index (χ0) is 25.5. The van der Waals surface area contributed by atoms with Crippen LogP contribution in [0.4, 0.5) is 0 Å². The smallest absolute Gasteiger partial charge is 0.255 e. The van der Waals surface area contributed by atoms with Gasteiger partial charge in [-0.25, -0.2) is 0 Å². The number of fused-ring (bicyclic) bond motifs is 1. The van der Waals surface area contributed by atoms with Crippen molar-refractivity contribution in [1.82, 2.24) is 4.57 Å². The van der Waals surface area contributed by atoms with E-state index >= 15 is 0 Å². The fraction of sp³-hybridized carbons (Fsp3) is 0.250. The minimum Gasteiger partial charge on any atom is -0.295 e. The number of thiophene rings is 1. The standard InChI is InChI=1S/C32H32N2OS/c1-4-9-23(10-5-2)13-18-26-19-28-20-29(6-3)36-32(28)34(31(26)35)22-24-14-16-25(17-15-24)30-12-8-7-11-27(30)21-33/h4,7-12,14-17,19-20H,5-6,13,18,22H2,1-3H3/b9-4-,23-10+. The minimum absolute atomic E-state index is 0.0993. The highest BCUT2D eigenvalue weighted by atomic mass is 32.1. The molecule has 2 heterocycles. The molecule has 0 fully saturated rings. The summed E-state index contributed by atoms with van der Waals surface area (Å²) in [5.41, 5.74) is 5.91. The van der Waals surface area contributed by atoms with Crippen LogP contribution >= 0.6 is 11.3 Å². The molecule has 0 saturated heterocycles. The van der Waals surface area contributed by atoms with Crippen molar-refractivity contribution >= 4 is 21.6 Å². The van der Waals surface area contributed by atoms with Crippen LogP contribution in [-0.2, 0) is 19.4 Å². The Kier molecular flexibility index (Phi) is 8.36. The van der Waals surface area contributed by atoms with Crippen LogP contribution < -0.4 is 5.56 Å². The molecular weight excluding hydrogens is 460 g/mol. The number of benzene rings is 2. The lowest BCUT2D eigenvalue weighted by Crippen LogP contribution is -2.24. The third kappa shape index (κ3) is 5.58. The minimum atomic E-state index is 0.0993. The first kappa shape index (κ1) is 25.4. The summed E-state index contributed by atoms with van der Waals surface area (Å²) in [5.74, 6) is 0. The lowest BCUT2D eigenvalue weighted by Gasteiger charge is -2.12. The van der Waals surface area contributed by atoms with E-state index in [4.69, 9.17) is 0 Å². The Morgan fingerprint density at radius 2 is 1.86 bits per heavy atom. The molecule has 0 aliphatic carbocycles. The maximum absolute atomic E-state index is 13.7. The number of aromatic nitrogens is 1. The molecular formula is C32H32N2OS. The van der Waals surface area contributed by atoms with Crippen LogP contribution in [0, 0.1) is 11.3 Å². The topological polar surface area (TPSA) is 45.8 Å². The molecule has 0 radical (unpaired) electrons. The number of rotatable bonds is 9. The van der Waals surface area contributed by atoms with Crippen molar-refractivity contribution < 1.29 is 0 Å². The van der Waals surface area contributed by atoms with Gasteiger partial charge in [-0.2, -0.15) is 5.26 Å². The fourth-order valence-electron chi connectivity index (χ4n) is 4.59. The van der Waals surface area contributed by atoms with Gasteiger partial charge in [-0.05, 0) is 67.5 Å². The van der Waals surface area contributed by atoms with E-state index in [1.165, 1.54) is 10.5 Å². The van der Waals surface area contributed by atoms with Crippen molar-refractivity contribution in [3.05, 3.63) is 116 Å². The Bertz CT molecular complexity index is 1510. The van der Waals surface area contributed by atoms with Crippen molar-refractivity contribution in [2.24, 2.45) is 0 Å². The van der Waals surface area contributed by atoms with Gasteiger partial charge in [-0.1, -0.05) is 80.1 Å². The van der Waals surface area contributed by atoms with E-state index in [2.05, 4.69) is 62.4 Å². The summed E-state index contributed by atoms with van der Waals surface area (Å²) in [6.07, 6.45) is 9.98. The van der Waals surface area contributed by atoms with Crippen LogP contribution in [0.3, 0.4) is 0 Å². The predicted molar refractivity (Wildman–Crippen MR) is 153 cm³/mol. The lowest BCUT2D eigenvalue weighted by molar-refractivity contribution is 0.778. The third-order valence-corrected chi connectivity index (χ3v) is 7.74. The van der Waals surface area contributed by atoms with Gasteiger partial charge in [0, 0.05) is 15.8 Å². The first-order valence-electron chi connectivity index (χ1n) is 12.6. The number of aryl methyl sites for hydroxylation is 2. The normalized spacial score (nSPS) is 11.9. The summed E-state index contributed by atoms with van der Waals surface area (Å²) in [6, 6.07) is 22.5. The first-order valence-corrected chi connectivity index (χ1v) is 13.4. The van der Waals surface area contributed by atoms with Crippen molar-refractivity contribution in [2.75, 3.05) is 0 Å². The Labute approximate surface area is 217 Å². The van der Waals surface area contributed by atoms with Crippen molar-refractivity contribution in [2.45, 2.75) is 53.0 Å². The highest BCUT2D eigenvalue weighted by molar-refractivity contribution is 7.18. The molecule has 0 amide bonds. The predicted octanol–water partition coefficient (Wildman–Crippen LogP) is 8.06. The van der Waals surface area contributed by atoms with Gasteiger partial charge < -0.3 is 0 Å². The molecule has 4 heteroatoms. The molecule has 0 N–H and O–H groups in total. The number of nitrogens with zero attached hydrogens (tertiary/aromatic N) is 2. The highest BCUT2D eigenvalue weighted by Gasteiger charge is 2.14. The Balaban J connectivity index is 1.69. The van der Waals surface area contributed by atoms with Crippen LogP contribution in [0.25, 0.3) is 21.3 Å². The van der Waals surface area contributed by atoms with E-state index in [-0.39, 0.29) is 5.56 Å². The first-order chi connectivity index (χ1) is 17.6. The average Bonchev–Trinajstić information content (AvgIpc) is 3.33. The van der Waals surface area contributed by atoms with Gasteiger partial charge in [-0.15, -0.1) is 11.3 Å². The molecule has 0 saturated carbocycles. The van der Waals surface area contributed by atoms with Crippen LogP contribution in [0.5, 0.6) is 0 Å². The number of hydrogen-bond donors (Lipinski definition) is 0. The molecule has 0 aliphatic heterocycles. The van der Waals surface area contributed by atoms with Crippen LogP contribution in [-0.4, -0.2) is 4.57 Å². The van der Waals surface area contributed by atoms with E-state index in [0.717, 1.165) is 58.2 Å². The maximum Gasteiger partial charge on any atom is 0.255 e. The molecule has 0 unspecified atom stereocenters. The molecule has 2 aromatic carbocycles. The van der Waals surface area contributed by atoms with E-state index in [9.17, 15) is 10.1 Å². The Morgan fingerprint density at radius 1 is 1.08 bits per heavy atom. The van der Waals surface area contributed by atoms with Crippen LogP contribution in [0.2, 0.25) is 0 Å². The molecule has 182 valence electrons.